The number of aryl methyl sites for hydroxylation is 1. The van der Waals surface area contributed by atoms with E-state index in [-0.39, 0.29) is 5.56 Å². The maximum Gasteiger partial charge on any atom is 0.256 e. The fourth-order valence-electron chi connectivity index (χ4n) is 2.92. The number of carbonyl (C=O) groups excluding carboxylic acids is 1. The second-order valence-corrected chi connectivity index (χ2v) is 6.12. The molecule has 0 aliphatic carbocycles. The molecule has 1 aliphatic heterocycles. The lowest BCUT2D eigenvalue weighted by atomic mass is 10.1. The average molecular weight is 361 g/mol. The first-order valence-corrected chi connectivity index (χ1v) is 8.56. The van der Waals surface area contributed by atoms with Gasteiger partial charge in [0.1, 0.15) is 17.5 Å². The molecular formula is C18H21F2N5O. The minimum atomic E-state index is -0.834. The highest BCUT2D eigenvalue weighted by Crippen LogP contribution is 2.19. The van der Waals surface area contributed by atoms with E-state index in [2.05, 4.69) is 20.2 Å². The Balaban J connectivity index is 1.68. The molecule has 0 saturated carbocycles. The number of halogens is 2. The summed E-state index contributed by atoms with van der Waals surface area (Å²) in [6, 6.07) is 4.92. The molecule has 0 bridgehead atoms. The minimum Gasteiger partial charge on any atom is -0.354 e. The molecule has 8 heteroatoms. The Hall–Kier alpha value is -2.77. The molecule has 1 aliphatic rings. The van der Waals surface area contributed by atoms with Crippen molar-refractivity contribution in [1.29, 1.82) is 0 Å². The van der Waals surface area contributed by atoms with Gasteiger partial charge in [0.05, 0.1) is 5.56 Å². The summed E-state index contributed by atoms with van der Waals surface area (Å²) in [6.07, 6.45) is 0. The largest absolute Gasteiger partial charge is 0.354 e. The number of piperazine rings is 1. The molecule has 6 nitrogen and oxygen atoms in total. The number of nitrogens with one attached hydrogen (secondary N) is 1. The Bertz CT molecular complexity index is 806. The van der Waals surface area contributed by atoms with Crippen molar-refractivity contribution < 1.29 is 13.6 Å². The van der Waals surface area contributed by atoms with Gasteiger partial charge in [0.2, 0.25) is 5.95 Å². The van der Waals surface area contributed by atoms with Crippen LogP contribution >= 0.6 is 0 Å². The van der Waals surface area contributed by atoms with Crippen LogP contribution in [0, 0.1) is 18.6 Å². The van der Waals surface area contributed by atoms with Crippen molar-refractivity contribution >= 4 is 17.7 Å². The van der Waals surface area contributed by atoms with E-state index in [1.807, 2.05) is 19.9 Å². The van der Waals surface area contributed by atoms with E-state index in [0.29, 0.717) is 32.1 Å². The normalized spacial score (nSPS) is 14.5. The van der Waals surface area contributed by atoms with E-state index in [9.17, 15) is 13.6 Å². The number of carbonyl (C=O) groups is 1. The second kappa shape index (κ2) is 7.63. The zero-order chi connectivity index (χ0) is 18.7. The molecule has 1 amide bonds. The van der Waals surface area contributed by atoms with Crippen LogP contribution in [0.3, 0.4) is 0 Å². The molecule has 0 radical (unpaired) electrons. The zero-order valence-electron chi connectivity index (χ0n) is 14.8. The number of hydrogen-bond donors (Lipinski definition) is 1. The Kier molecular flexibility index (Phi) is 5.29. The van der Waals surface area contributed by atoms with Crippen LogP contribution in [-0.2, 0) is 0 Å². The Morgan fingerprint density at radius 1 is 1.15 bits per heavy atom. The molecule has 1 N–H and O–H groups in total. The maximum atomic E-state index is 13.8. The van der Waals surface area contributed by atoms with Crippen molar-refractivity contribution in [3.05, 3.63) is 47.2 Å². The molecule has 138 valence electrons. The van der Waals surface area contributed by atoms with Crippen LogP contribution in [0.2, 0.25) is 0 Å². The quantitative estimate of drug-likeness (QED) is 0.906. The van der Waals surface area contributed by atoms with Gasteiger partial charge < -0.3 is 15.1 Å². The van der Waals surface area contributed by atoms with Gasteiger partial charge in [0.25, 0.3) is 5.91 Å². The lowest BCUT2D eigenvalue weighted by molar-refractivity contribution is 0.0741. The summed E-state index contributed by atoms with van der Waals surface area (Å²) in [5.41, 5.74) is 0.755. The van der Waals surface area contributed by atoms with Crippen molar-refractivity contribution in [1.82, 2.24) is 14.9 Å². The van der Waals surface area contributed by atoms with Gasteiger partial charge >= 0.3 is 0 Å². The summed E-state index contributed by atoms with van der Waals surface area (Å²) in [7, 11) is 0. The summed E-state index contributed by atoms with van der Waals surface area (Å²) >= 11 is 0. The van der Waals surface area contributed by atoms with Crippen LogP contribution in [0.15, 0.2) is 24.3 Å². The van der Waals surface area contributed by atoms with Gasteiger partial charge in [0.15, 0.2) is 0 Å². The lowest BCUT2D eigenvalue weighted by Crippen LogP contribution is -2.49. The molecule has 0 unspecified atom stereocenters. The molecule has 1 aromatic heterocycles. The number of amides is 1. The highest BCUT2D eigenvalue weighted by molar-refractivity contribution is 5.94. The molecule has 1 saturated heterocycles. The minimum absolute atomic E-state index is 0.104. The van der Waals surface area contributed by atoms with Crippen molar-refractivity contribution in [2.24, 2.45) is 0 Å². The summed E-state index contributed by atoms with van der Waals surface area (Å²) in [5.74, 6) is -0.573. The molecule has 1 aromatic carbocycles. The second-order valence-electron chi connectivity index (χ2n) is 6.12. The van der Waals surface area contributed by atoms with Gasteiger partial charge in [-0.05, 0) is 26.0 Å². The molecular weight excluding hydrogens is 340 g/mol. The van der Waals surface area contributed by atoms with Crippen LogP contribution < -0.4 is 10.2 Å². The van der Waals surface area contributed by atoms with E-state index in [1.165, 1.54) is 6.07 Å². The fraction of sp³-hybridized carbons (Fsp3) is 0.389. The fourth-order valence-corrected chi connectivity index (χ4v) is 2.92. The van der Waals surface area contributed by atoms with E-state index < -0.39 is 17.5 Å². The van der Waals surface area contributed by atoms with Crippen LogP contribution in [0.4, 0.5) is 20.5 Å². The summed E-state index contributed by atoms with van der Waals surface area (Å²) in [5, 5.41) is 3.10. The first-order valence-electron chi connectivity index (χ1n) is 8.56. The van der Waals surface area contributed by atoms with Gasteiger partial charge in [-0.3, -0.25) is 4.79 Å². The van der Waals surface area contributed by atoms with E-state index in [0.717, 1.165) is 30.2 Å². The lowest BCUT2D eigenvalue weighted by Gasteiger charge is -2.35. The standard InChI is InChI=1S/C18H21F2N5O/c1-3-21-18-22-12(2)10-16(23-18)24-6-8-25(9-7-24)17(26)14-5-4-13(19)11-15(14)20/h4-5,10-11H,3,6-9H2,1-2H3,(H,21,22,23). The predicted octanol–water partition coefficient (Wildman–Crippen LogP) is 2.46. The Labute approximate surface area is 150 Å². The third-order valence-electron chi connectivity index (χ3n) is 4.23. The van der Waals surface area contributed by atoms with Crippen molar-refractivity contribution in [3.8, 4) is 0 Å². The SMILES string of the molecule is CCNc1nc(C)cc(N2CCN(C(=O)c3ccc(F)cc3F)CC2)n1. The summed E-state index contributed by atoms with van der Waals surface area (Å²) in [6.45, 7) is 6.65. The number of nitrogens with zero attached hydrogens (tertiary/aromatic N) is 4. The smallest absolute Gasteiger partial charge is 0.256 e. The van der Waals surface area contributed by atoms with Gasteiger partial charge in [-0.2, -0.15) is 4.98 Å². The highest BCUT2D eigenvalue weighted by atomic mass is 19.1. The van der Waals surface area contributed by atoms with Crippen LogP contribution in [0.25, 0.3) is 0 Å². The first-order chi connectivity index (χ1) is 12.5. The van der Waals surface area contributed by atoms with Crippen LogP contribution in [-0.4, -0.2) is 53.5 Å². The molecule has 2 aromatic rings. The predicted molar refractivity (Wildman–Crippen MR) is 95.4 cm³/mol. The number of hydrogen-bond acceptors (Lipinski definition) is 5. The molecule has 1 fully saturated rings. The van der Waals surface area contributed by atoms with Gasteiger partial charge in [-0.15, -0.1) is 0 Å². The van der Waals surface area contributed by atoms with Gasteiger partial charge in [-0.1, -0.05) is 0 Å². The van der Waals surface area contributed by atoms with Crippen molar-refractivity contribution in [2.75, 3.05) is 42.9 Å². The topological polar surface area (TPSA) is 61.4 Å². The van der Waals surface area contributed by atoms with Crippen LogP contribution in [0.1, 0.15) is 23.0 Å². The van der Waals surface area contributed by atoms with E-state index >= 15 is 0 Å². The van der Waals surface area contributed by atoms with Crippen LogP contribution in [0.5, 0.6) is 0 Å². The average Bonchev–Trinajstić information content (AvgIpc) is 2.61. The number of benzene rings is 1. The Morgan fingerprint density at radius 3 is 2.54 bits per heavy atom. The monoisotopic (exact) mass is 361 g/mol. The molecule has 26 heavy (non-hydrogen) atoms. The number of rotatable bonds is 4. The number of anilines is 2. The molecule has 0 atom stereocenters. The van der Waals surface area contributed by atoms with Crippen molar-refractivity contribution in [3.63, 3.8) is 0 Å². The third-order valence-corrected chi connectivity index (χ3v) is 4.23. The highest BCUT2D eigenvalue weighted by Gasteiger charge is 2.25. The number of aromatic nitrogens is 2. The summed E-state index contributed by atoms with van der Waals surface area (Å²) < 4.78 is 26.9. The van der Waals surface area contributed by atoms with E-state index in [1.54, 1.807) is 4.90 Å². The first kappa shape index (κ1) is 18.0. The third kappa shape index (κ3) is 3.89. The van der Waals surface area contributed by atoms with Gasteiger partial charge in [0, 0.05) is 50.6 Å². The molecule has 3 rings (SSSR count). The maximum absolute atomic E-state index is 13.8. The van der Waals surface area contributed by atoms with Crippen molar-refractivity contribution in [2.45, 2.75) is 13.8 Å². The molecule has 0 spiro atoms. The van der Waals surface area contributed by atoms with Gasteiger partial charge in [-0.25, -0.2) is 13.8 Å². The van der Waals surface area contributed by atoms with E-state index in [4.69, 9.17) is 0 Å². The zero-order valence-corrected chi connectivity index (χ0v) is 14.8. The Morgan fingerprint density at radius 2 is 1.88 bits per heavy atom. The summed E-state index contributed by atoms with van der Waals surface area (Å²) in [4.78, 5) is 25.0. The molecule has 2 heterocycles.